The third-order valence-corrected chi connectivity index (χ3v) is 1.66. The number of aliphatic hydroxyl groups excluding tert-OH is 2. The topological polar surface area (TPSA) is 76.0 Å². The quantitative estimate of drug-likeness (QED) is 0.516. The normalized spacial score (nSPS) is 22.2. The molecule has 11 heavy (non-hydrogen) atoms. The number of carbonyl (C=O) groups excluding carboxylic acids is 1. The standard InChI is InChI=1S/C6H10O5/c7-1-6(2-8)3-10-5(9)11-4-6/h7-8H,1-4H2. The summed E-state index contributed by atoms with van der Waals surface area (Å²) in [7, 11) is 0. The minimum atomic E-state index is -0.812. The fraction of sp³-hybridized carbons (Fsp3) is 0.833. The van der Waals surface area contributed by atoms with E-state index in [4.69, 9.17) is 10.2 Å². The molecule has 64 valence electrons. The Morgan fingerprint density at radius 3 is 2.09 bits per heavy atom. The molecule has 0 bridgehead atoms. The van der Waals surface area contributed by atoms with Crippen molar-refractivity contribution < 1.29 is 24.5 Å². The van der Waals surface area contributed by atoms with E-state index in [2.05, 4.69) is 9.47 Å². The Morgan fingerprint density at radius 1 is 1.27 bits per heavy atom. The molecule has 0 aliphatic carbocycles. The van der Waals surface area contributed by atoms with Crippen molar-refractivity contribution in [2.75, 3.05) is 26.4 Å². The van der Waals surface area contributed by atoms with Crippen LogP contribution in [-0.2, 0) is 9.47 Å². The molecule has 0 unspecified atom stereocenters. The second-order valence-electron chi connectivity index (χ2n) is 2.64. The molecule has 0 saturated carbocycles. The molecule has 1 heterocycles. The summed E-state index contributed by atoms with van der Waals surface area (Å²) in [5, 5.41) is 17.6. The Hall–Kier alpha value is -0.810. The van der Waals surface area contributed by atoms with Crippen molar-refractivity contribution in [1.29, 1.82) is 0 Å². The molecule has 5 nitrogen and oxygen atoms in total. The molecule has 5 heteroatoms. The SMILES string of the molecule is O=C1OCC(CO)(CO)CO1. The summed E-state index contributed by atoms with van der Waals surface area (Å²) in [5.41, 5.74) is -0.812. The highest BCUT2D eigenvalue weighted by Crippen LogP contribution is 2.21. The minimum Gasteiger partial charge on any atom is -0.433 e. The molecular formula is C6H10O5. The van der Waals surface area contributed by atoms with Crippen LogP contribution in [-0.4, -0.2) is 42.8 Å². The molecule has 0 aromatic rings. The van der Waals surface area contributed by atoms with Gasteiger partial charge in [0, 0.05) is 0 Å². The van der Waals surface area contributed by atoms with Crippen molar-refractivity contribution in [1.82, 2.24) is 0 Å². The van der Waals surface area contributed by atoms with Crippen LogP contribution in [0.2, 0.25) is 0 Å². The molecule has 0 spiro atoms. The van der Waals surface area contributed by atoms with Crippen LogP contribution >= 0.6 is 0 Å². The van der Waals surface area contributed by atoms with E-state index in [0.29, 0.717) is 0 Å². The molecule has 1 aliphatic rings. The van der Waals surface area contributed by atoms with Gasteiger partial charge in [0.1, 0.15) is 13.2 Å². The van der Waals surface area contributed by atoms with Gasteiger partial charge in [-0.05, 0) is 0 Å². The maximum atomic E-state index is 10.4. The minimum absolute atomic E-state index is 0.0127. The van der Waals surface area contributed by atoms with E-state index in [-0.39, 0.29) is 26.4 Å². The predicted molar refractivity (Wildman–Crippen MR) is 33.9 cm³/mol. The van der Waals surface area contributed by atoms with Gasteiger partial charge < -0.3 is 19.7 Å². The van der Waals surface area contributed by atoms with Crippen LogP contribution in [0.3, 0.4) is 0 Å². The van der Waals surface area contributed by atoms with Crippen molar-refractivity contribution in [3.05, 3.63) is 0 Å². The van der Waals surface area contributed by atoms with Gasteiger partial charge in [0.25, 0.3) is 0 Å². The highest BCUT2D eigenvalue weighted by Gasteiger charge is 2.36. The maximum Gasteiger partial charge on any atom is 0.508 e. The maximum absolute atomic E-state index is 10.4. The summed E-state index contributed by atoms with van der Waals surface area (Å²) < 4.78 is 8.99. The van der Waals surface area contributed by atoms with Gasteiger partial charge >= 0.3 is 6.16 Å². The van der Waals surface area contributed by atoms with Crippen LogP contribution < -0.4 is 0 Å². The van der Waals surface area contributed by atoms with Crippen molar-refractivity contribution in [2.45, 2.75) is 0 Å². The Labute approximate surface area is 63.5 Å². The molecule has 2 N–H and O–H groups in total. The molecule has 0 aromatic carbocycles. The van der Waals surface area contributed by atoms with E-state index in [0.717, 1.165) is 0 Å². The fourth-order valence-corrected chi connectivity index (χ4v) is 0.740. The summed E-state index contributed by atoms with van der Waals surface area (Å²) in [6.45, 7) is -0.481. The van der Waals surface area contributed by atoms with E-state index < -0.39 is 11.6 Å². The van der Waals surface area contributed by atoms with Crippen LogP contribution in [0, 0.1) is 5.41 Å². The van der Waals surface area contributed by atoms with Crippen molar-refractivity contribution in [3.8, 4) is 0 Å². The molecule has 0 amide bonds. The summed E-state index contributed by atoms with van der Waals surface area (Å²) >= 11 is 0. The van der Waals surface area contributed by atoms with Gasteiger partial charge in [0.2, 0.25) is 0 Å². The Morgan fingerprint density at radius 2 is 1.73 bits per heavy atom. The Kier molecular flexibility index (Phi) is 2.31. The van der Waals surface area contributed by atoms with Crippen LogP contribution in [0.1, 0.15) is 0 Å². The summed E-state index contributed by atoms with van der Waals surface area (Å²) in [6, 6.07) is 0. The number of carbonyl (C=O) groups is 1. The van der Waals surface area contributed by atoms with Crippen LogP contribution in [0.15, 0.2) is 0 Å². The monoisotopic (exact) mass is 162 g/mol. The first kappa shape index (κ1) is 8.29. The Balaban J connectivity index is 2.52. The van der Waals surface area contributed by atoms with Gasteiger partial charge in [-0.25, -0.2) is 4.79 Å². The van der Waals surface area contributed by atoms with Gasteiger partial charge in [-0.15, -0.1) is 0 Å². The molecule has 1 fully saturated rings. The molecule has 0 aromatic heterocycles. The third-order valence-electron chi connectivity index (χ3n) is 1.66. The smallest absolute Gasteiger partial charge is 0.433 e. The lowest BCUT2D eigenvalue weighted by atomic mass is 9.92. The predicted octanol–water partition coefficient (Wildman–Crippen LogP) is -0.876. The lowest BCUT2D eigenvalue weighted by Crippen LogP contribution is -2.44. The summed E-state index contributed by atoms with van der Waals surface area (Å²) in [4.78, 5) is 10.4. The van der Waals surface area contributed by atoms with Gasteiger partial charge in [-0.1, -0.05) is 0 Å². The van der Waals surface area contributed by atoms with E-state index in [1.54, 1.807) is 0 Å². The number of rotatable bonds is 2. The largest absolute Gasteiger partial charge is 0.508 e. The highest BCUT2D eigenvalue weighted by atomic mass is 16.7. The van der Waals surface area contributed by atoms with Crippen molar-refractivity contribution >= 4 is 6.16 Å². The molecule has 0 radical (unpaired) electrons. The molecule has 1 saturated heterocycles. The number of hydrogen-bond donors (Lipinski definition) is 2. The second-order valence-corrected chi connectivity index (χ2v) is 2.64. The number of aliphatic hydroxyl groups is 2. The highest BCUT2D eigenvalue weighted by molar-refractivity contribution is 5.60. The van der Waals surface area contributed by atoms with E-state index in [1.807, 2.05) is 0 Å². The van der Waals surface area contributed by atoms with Crippen LogP contribution in [0.5, 0.6) is 0 Å². The van der Waals surface area contributed by atoms with Crippen LogP contribution in [0.25, 0.3) is 0 Å². The van der Waals surface area contributed by atoms with E-state index in [9.17, 15) is 4.79 Å². The Bertz CT molecular complexity index is 139. The number of cyclic esters (lactones) is 2. The third kappa shape index (κ3) is 1.61. The molecule has 1 aliphatic heterocycles. The zero-order chi connectivity index (χ0) is 8.32. The average Bonchev–Trinajstić information content (AvgIpc) is 2.07. The lowest BCUT2D eigenvalue weighted by molar-refractivity contribution is -0.100. The lowest BCUT2D eigenvalue weighted by Gasteiger charge is -2.31. The molecule has 0 atom stereocenters. The van der Waals surface area contributed by atoms with Gasteiger partial charge in [-0.3, -0.25) is 0 Å². The van der Waals surface area contributed by atoms with Crippen molar-refractivity contribution in [2.24, 2.45) is 5.41 Å². The zero-order valence-corrected chi connectivity index (χ0v) is 5.95. The van der Waals surface area contributed by atoms with E-state index >= 15 is 0 Å². The molecule has 1 rings (SSSR count). The average molecular weight is 162 g/mol. The second kappa shape index (κ2) is 3.06. The van der Waals surface area contributed by atoms with Gasteiger partial charge in [0.15, 0.2) is 0 Å². The number of hydrogen-bond acceptors (Lipinski definition) is 5. The first-order valence-electron chi connectivity index (χ1n) is 3.24. The van der Waals surface area contributed by atoms with Crippen molar-refractivity contribution in [3.63, 3.8) is 0 Å². The number of ether oxygens (including phenoxy) is 2. The molecular weight excluding hydrogens is 152 g/mol. The summed E-state index contributed by atoms with van der Waals surface area (Å²) in [6.07, 6.45) is -0.748. The van der Waals surface area contributed by atoms with Gasteiger partial charge in [0.05, 0.1) is 18.6 Å². The summed E-state index contributed by atoms with van der Waals surface area (Å²) in [5.74, 6) is 0. The van der Waals surface area contributed by atoms with E-state index in [1.165, 1.54) is 0 Å². The van der Waals surface area contributed by atoms with Crippen LogP contribution in [0.4, 0.5) is 4.79 Å². The first-order valence-corrected chi connectivity index (χ1v) is 3.24. The fourth-order valence-electron chi connectivity index (χ4n) is 0.740. The zero-order valence-electron chi connectivity index (χ0n) is 5.95. The first-order chi connectivity index (χ1) is 5.22. The van der Waals surface area contributed by atoms with Gasteiger partial charge in [-0.2, -0.15) is 0 Å².